The lowest BCUT2D eigenvalue weighted by Gasteiger charge is -2.28. The number of benzene rings is 1. The number of carbonyl (C=O) groups excluding carboxylic acids is 1. The molecule has 0 aliphatic carbocycles. The second kappa shape index (κ2) is 7.28. The third-order valence-electron chi connectivity index (χ3n) is 4.46. The number of para-hydroxylation sites is 2. The first kappa shape index (κ1) is 18.7. The highest BCUT2D eigenvalue weighted by Crippen LogP contribution is 2.25. The van der Waals surface area contributed by atoms with E-state index in [1.807, 2.05) is 0 Å². The van der Waals surface area contributed by atoms with E-state index in [4.69, 9.17) is 4.74 Å². The smallest absolute Gasteiger partial charge is 0.320 e. The minimum Gasteiger partial charge on any atom is -0.457 e. The average molecular weight is 387 g/mol. The van der Waals surface area contributed by atoms with Crippen molar-refractivity contribution < 1.29 is 26.7 Å². The fourth-order valence-corrected chi connectivity index (χ4v) is 3.96. The summed E-state index contributed by atoms with van der Waals surface area (Å²) in [4.78, 5) is 16.3. The standard InChI is InChI=1S/C16H19F2N3O4S/c1-26(23,24)20-8-6-11(7-9-20)15(22)25-10-14-19-12-4-2-3-5-13(12)21(14)16(17)18/h2-5,11,16H,6-10H2,1H3. The minimum absolute atomic E-state index is 0.0249. The van der Waals surface area contributed by atoms with Crippen LogP contribution >= 0.6 is 0 Å². The second-order valence-corrected chi connectivity index (χ2v) is 8.19. The topological polar surface area (TPSA) is 81.5 Å². The predicted molar refractivity (Wildman–Crippen MR) is 89.9 cm³/mol. The fraction of sp³-hybridized carbons (Fsp3) is 0.500. The molecule has 2 heterocycles. The number of hydrogen-bond acceptors (Lipinski definition) is 5. The third kappa shape index (κ3) is 3.85. The van der Waals surface area contributed by atoms with Crippen molar-refractivity contribution in [3.05, 3.63) is 30.1 Å². The summed E-state index contributed by atoms with van der Waals surface area (Å²) in [6.07, 6.45) is 1.81. The molecule has 0 bridgehead atoms. The maximum absolute atomic E-state index is 13.3. The monoisotopic (exact) mass is 387 g/mol. The molecule has 1 aliphatic rings. The van der Waals surface area contributed by atoms with E-state index >= 15 is 0 Å². The Morgan fingerprint density at radius 2 is 1.96 bits per heavy atom. The summed E-state index contributed by atoms with van der Waals surface area (Å²) < 4.78 is 56.9. The molecule has 1 fully saturated rings. The van der Waals surface area contributed by atoms with Gasteiger partial charge in [0.15, 0.2) is 5.82 Å². The molecule has 0 N–H and O–H groups in total. The van der Waals surface area contributed by atoms with Crippen LogP contribution in [0.2, 0.25) is 0 Å². The summed E-state index contributed by atoms with van der Waals surface area (Å²) in [5, 5.41) is 0. The van der Waals surface area contributed by atoms with Gasteiger partial charge in [-0.3, -0.25) is 9.36 Å². The van der Waals surface area contributed by atoms with Gasteiger partial charge >= 0.3 is 12.5 Å². The molecule has 1 aromatic carbocycles. The maximum atomic E-state index is 13.3. The van der Waals surface area contributed by atoms with Crippen LogP contribution in [0.3, 0.4) is 0 Å². The number of imidazole rings is 1. The highest BCUT2D eigenvalue weighted by molar-refractivity contribution is 7.88. The maximum Gasteiger partial charge on any atom is 0.320 e. The van der Waals surface area contributed by atoms with Crippen LogP contribution in [-0.4, -0.2) is 47.6 Å². The summed E-state index contributed by atoms with van der Waals surface area (Å²) in [6, 6.07) is 6.46. The molecule has 1 saturated heterocycles. The SMILES string of the molecule is CS(=O)(=O)N1CCC(C(=O)OCc2nc3ccccc3n2C(F)F)CC1. The molecule has 10 heteroatoms. The molecule has 7 nitrogen and oxygen atoms in total. The van der Waals surface area contributed by atoms with Gasteiger partial charge in [-0.25, -0.2) is 17.7 Å². The number of sulfonamides is 1. The molecule has 1 aliphatic heterocycles. The molecular formula is C16H19F2N3O4S. The van der Waals surface area contributed by atoms with Crippen molar-refractivity contribution in [1.82, 2.24) is 13.9 Å². The van der Waals surface area contributed by atoms with E-state index in [0.717, 1.165) is 10.8 Å². The average Bonchev–Trinajstić information content (AvgIpc) is 2.97. The van der Waals surface area contributed by atoms with Crippen LogP contribution < -0.4 is 0 Å². The Morgan fingerprint density at radius 1 is 1.31 bits per heavy atom. The van der Waals surface area contributed by atoms with Gasteiger partial charge < -0.3 is 4.74 Å². The second-order valence-electron chi connectivity index (χ2n) is 6.21. The summed E-state index contributed by atoms with van der Waals surface area (Å²) in [5.74, 6) is -0.994. The number of aromatic nitrogens is 2. The number of esters is 1. The number of piperidine rings is 1. The number of alkyl halides is 2. The lowest BCUT2D eigenvalue weighted by atomic mass is 9.98. The Balaban J connectivity index is 1.65. The van der Waals surface area contributed by atoms with Gasteiger partial charge in [0, 0.05) is 13.1 Å². The van der Waals surface area contributed by atoms with Crippen LogP contribution in [0.25, 0.3) is 11.0 Å². The van der Waals surface area contributed by atoms with Gasteiger partial charge in [-0.1, -0.05) is 12.1 Å². The van der Waals surface area contributed by atoms with Gasteiger partial charge in [0.1, 0.15) is 6.61 Å². The van der Waals surface area contributed by atoms with E-state index in [-0.39, 0.29) is 31.0 Å². The summed E-state index contributed by atoms with van der Waals surface area (Å²) in [7, 11) is -3.28. The zero-order chi connectivity index (χ0) is 18.9. The Hall–Kier alpha value is -2.07. The molecule has 0 unspecified atom stereocenters. The highest BCUT2D eigenvalue weighted by atomic mass is 32.2. The van der Waals surface area contributed by atoms with E-state index in [1.54, 1.807) is 18.2 Å². The molecule has 2 aromatic rings. The largest absolute Gasteiger partial charge is 0.457 e. The molecule has 0 atom stereocenters. The number of hydrogen-bond donors (Lipinski definition) is 0. The van der Waals surface area contributed by atoms with Crippen LogP contribution in [0.1, 0.15) is 25.2 Å². The van der Waals surface area contributed by atoms with Crippen molar-refractivity contribution in [1.29, 1.82) is 0 Å². The Labute approximate surface area is 149 Å². The molecule has 26 heavy (non-hydrogen) atoms. The van der Waals surface area contributed by atoms with Gasteiger partial charge in [-0.05, 0) is 25.0 Å². The van der Waals surface area contributed by atoms with Gasteiger partial charge in [0.2, 0.25) is 10.0 Å². The van der Waals surface area contributed by atoms with E-state index in [0.29, 0.717) is 18.4 Å². The normalized spacial score (nSPS) is 17.1. The number of rotatable bonds is 5. The zero-order valence-corrected chi connectivity index (χ0v) is 15.0. The van der Waals surface area contributed by atoms with Gasteiger partial charge in [0.25, 0.3) is 0 Å². The molecular weight excluding hydrogens is 368 g/mol. The molecule has 0 radical (unpaired) electrons. The van der Waals surface area contributed by atoms with Crippen LogP contribution in [0.4, 0.5) is 8.78 Å². The van der Waals surface area contributed by atoms with E-state index in [9.17, 15) is 22.0 Å². The lowest BCUT2D eigenvalue weighted by molar-refractivity contribution is -0.151. The van der Waals surface area contributed by atoms with Gasteiger partial charge in [0.05, 0.1) is 23.2 Å². The first-order chi connectivity index (χ1) is 12.3. The molecule has 0 spiro atoms. The van der Waals surface area contributed by atoms with Crippen molar-refractivity contribution in [2.45, 2.75) is 26.0 Å². The van der Waals surface area contributed by atoms with Crippen molar-refractivity contribution >= 4 is 27.0 Å². The van der Waals surface area contributed by atoms with Crippen LogP contribution in [0.15, 0.2) is 24.3 Å². The van der Waals surface area contributed by atoms with Crippen LogP contribution in [0.5, 0.6) is 0 Å². The number of ether oxygens (including phenoxy) is 1. The summed E-state index contributed by atoms with van der Waals surface area (Å²) in [6.45, 7) is -2.67. The van der Waals surface area contributed by atoms with E-state index in [2.05, 4.69) is 4.98 Å². The van der Waals surface area contributed by atoms with Crippen LogP contribution in [0, 0.1) is 5.92 Å². The lowest BCUT2D eigenvalue weighted by Crippen LogP contribution is -2.40. The summed E-state index contributed by atoms with van der Waals surface area (Å²) in [5.41, 5.74) is 0.676. The van der Waals surface area contributed by atoms with Crippen molar-refractivity contribution in [3.63, 3.8) is 0 Å². The molecule has 142 valence electrons. The third-order valence-corrected chi connectivity index (χ3v) is 5.77. The van der Waals surface area contributed by atoms with Gasteiger partial charge in [-0.2, -0.15) is 8.78 Å². The Morgan fingerprint density at radius 3 is 2.58 bits per heavy atom. The van der Waals surface area contributed by atoms with Gasteiger partial charge in [-0.15, -0.1) is 0 Å². The van der Waals surface area contributed by atoms with E-state index in [1.165, 1.54) is 10.4 Å². The van der Waals surface area contributed by atoms with Crippen molar-refractivity contribution in [2.75, 3.05) is 19.3 Å². The Kier molecular flexibility index (Phi) is 5.24. The number of nitrogens with zero attached hydrogens (tertiary/aromatic N) is 3. The molecule has 1 aromatic heterocycles. The fourth-order valence-electron chi connectivity index (χ4n) is 3.09. The number of carbonyl (C=O) groups is 1. The van der Waals surface area contributed by atoms with Crippen molar-refractivity contribution in [2.24, 2.45) is 5.92 Å². The molecule has 3 rings (SSSR count). The summed E-state index contributed by atoms with van der Waals surface area (Å²) >= 11 is 0. The first-order valence-electron chi connectivity index (χ1n) is 8.13. The Bertz CT molecular complexity index is 905. The molecule has 0 saturated carbocycles. The highest BCUT2D eigenvalue weighted by Gasteiger charge is 2.30. The van der Waals surface area contributed by atoms with Crippen molar-refractivity contribution in [3.8, 4) is 0 Å². The molecule has 0 amide bonds. The van der Waals surface area contributed by atoms with Crippen LogP contribution in [-0.2, 0) is 26.2 Å². The quantitative estimate of drug-likeness (QED) is 0.735. The first-order valence-corrected chi connectivity index (χ1v) is 9.98. The number of fused-ring (bicyclic) bond motifs is 1. The minimum atomic E-state index is -3.28. The van der Waals surface area contributed by atoms with E-state index < -0.39 is 28.5 Å². The number of halogens is 2. The zero-order valence-electron chi connectivity index (χ0n) is 14.1. The predicted octanol–water partition coefficient (Wildman–Crippen LogP) is 2.15.